The predicted molar refractivity (Wildman–Crippen MR) is 97.1 cm³/mol. The number of nitrogens with zero attached hydrogens (tertiary/aromatic N) is 1. The summed E-state index contributed by atoms with van der Waals surface area (Å²) >= 11 is 0. The topological polar surface area (TPSA) is 80.7 Å². The lowest BCUT2D eigenvalue weighted by Gasteiger charge is -2.17. The lowest BCUT2D eigenvalue weighted by atomic mass is 10.1. The minimum absolute atomic E-state index is 0.0369. The lowest BCUT2D eigenvalue weighted by molar-refractivity contribution is -0.121. The Hall–Kier alpha value is -2.67. The van der Waals surface area contributed by atoms with Gasteiger partial charge in [-0.3, -0.25) is 4.79 Å². The van der Waals surface area contributed by atoms with E-state index in [1.54, 1.807) is 17.9 Å². The van der Waals surface area contributed by atoms with Crippen molar-refractivity contribution in [3.63, 3.8) is 0 Å². The number of fused-ring (bicyclic) bond motifs is 1. The van der Waals surface area contributed by atoms with Crippen LogP contribution in [0.1, 0.15) is 21.5 Å². The van der Waals surface area contributed by atoms with Gasteiger partial charge in [-0.1, -0.05) is 24.3 Å². The number of aryl methyl sites for hydroxylation is 1. The third-order valence-electron chi connectivity index (χ3n) is 4.37. The maximum atomic E-state index is 12.4. The van der Waals surface area contributed by atoms with Crippen molar-refractivity contribution >= 4 is 27.4 Å². The van der Waals surface area contributed by atoms with Crippen LogP contribution in [0.25, 0.3) is 0 Å². The summed E-state index contributed by atoms with van der Waals surface area (Å²) in [6.45, 7) is 1.84. The molecule has 0 bridgehead atoms. The molecule has 0 aliphatic carbocycles. The van der Waals surface area contributed by atoms with Crippen LogP contribution in [0.5, 0.6) is 0 Å². The van der Waals surface area contributed by atoms with Crippen molar-refractivity contribution in [3.05, 3.63) is 59.2 Å². The van der Waals surface area contributed by atoms with Gasteiger partial charge < -0.3 is 9.64 Å². The number of carbonyl (C=O) groups excluding carboxylic acids is 2. The molecule has 0 saturated carbocycles. The molecule has 0 unspecified atom stereocenters. The smallest absolute Gasteiger partial charge is 0.338 e. The Morgan fingerprint density at radius 1 is 1.15 bits per heavy atom. The van der Waals surface area contributed by atoms with Gasteiger partial charge in [0, 0.05) is 18.5 Å². The van der Waals surface area contributed by atoms with E-state index in [1.807, 2.05) is 24.3 Å². The van der Waals surface area contributed by atoms with Crippen molar-refractivity contribution in [3.8, 4) is 0 Å². The highest BCUT2D eigenvalue weighted by Gasteiger charge is 2.25. The van der Waals surface area contributed by atoms with Gasteiger partial charge in [0.1, 0.15) is 0 Å². The number of para-hydroxylation sites is 1. The summed E-state index contributed by atoms with van der Waals surface area (Å²) in [7, 11) is -3.44. The van der Waals surface area contributed by atoms with E-state index in [1.165, 1.54) is 12.1 Å². The van der Waals surface area contributed by atoms with Crippen LogP contribution >= 0.6 is 0 Å². The summed E-state index contributed by atoms with van der Waals surface area (Å²) in [4.78, 5) is 26.4. The zero-order chi connectivity index (χ0) is 18.9. The Kier molecular flexibility index (Phi) is 4.82. The predicted octanol–water partition coefficient (Wildman–Crippen LogP) is 2.14. The maximum Gasteiger partial charge on any atom is 0.338 e. The maximum absolute atomic E-state index is 12.4. The Balaban J connectivity index is 1.71. The molecule has 7 heteroatoms. The van der Waals surface area contributed by atoms with Crippen LogP contribution in [0.4, 0.5) is 5.69 Å². The van der Waals surface area contributed by atoms with Gasteiger partial charge in [-0.15, -0.1) is 0 Å². The molecule has 26 heavy (non-hydrogen) atoms. The highest BCUT2D eigenvalue weighted by atomic mass is 32.2. The van der Waals surface area contributed by atoms with E-state index in [-0.39, 0.29) is 16.4 Å². The molecule has 0 spiro atoms. The van der Waals surface area contributed by atoms with Crippen molar-refractivity contribution in [2.75, 3.05) is 24.3 Å². The van der Waals surface area contributed by atoms with E-state index in [4.69, 9.17) is 4.74 Å². The van der Waals surface area contributed by atoms with Crippen molar-refractivity contribution < 1.29 is 22.7 Å². The first-order valence-electron chi connectivity index (χ1n) is 8.13. The number of hydrogen-bond acceptors (Lipinski definition) is 5. The second-order valence-corrected chi connectivity index (χ2v) is 8.26. The van der Waals surface area contributed by atoms with Crippen molar-refractivity contribution in [1.29, 1.82) is 0 Å². The largest absolute Gasteiger partial charge is 0.452 e. The van der Waals surface area contributed by atoms with Crippen LogP contribution in [-0.4, -0.2) is 39.7 Å². The Labute approximate surface area is 152 Å². The monoisotopic (exact) mass is 373 g/mol. The summed E-state index contributed by atoms with van der Waals surface area (Å²) in [5, 5.41) is 0. The van der Waals surface area contributed by atoms with E-state index < -0.39 is 22.4 Å². The molecule has 0 aromatic heterocycles. The van der Waals surface area contributed by atoms with Crippen LogP contribution < -0.4 is 4.90 Å². The summed E-state index contributed by atoms with van der Waals surface area (Å²) in [5.74, 6) is -1.02. The van der Waals surface area contributed by atoms with Gasteiger partial charge in [0.25, 0.3) is 5.91 Å². The van der Waals surface area contributed by atoms with Crippen LogP contribution in [0.2, 0.25) is 0 Å². The minimum Gasteiger partial charge on any atom is -0.452 e. The van der Waals surface area contributed by atoms with Crippen LogP contribution in [0.3, 0.4) is 0 Å². The summed E-state index contributed by atoms with van der Waals surface area (Å²) in [6.07, 6.45) is 1.84. The number of carbonyl (C=O) groups is 2. The number of hydrogen-bond donors (Lipinski definition) is 0. The van der Waals surface area contributed by atoms with Gasteiger partial charge in [0.05, 0.1) is 10.5 Å². The number of benzene rings is 2. The highest BCUT2D eigenvalue weighted by Crippen LogP contribution is 2.27. The molecule has 2 aromatic rings. The second-order valence-electron chi connectivity index (χ2n) is 6.25. The zero-order valence-electron chi connectivity index (χ0n) is 14.6. The Morgan fingerprint density at radius 3 is 2.62 bits per heavy atom. The summed E-state index contributed by atoms with van der Waals surface area (Å²) in [6, 6.07) is 11.9. The zero-order valence-corrected chi connectivity index (χ0v) is 15.4. The first-order valence-corrected chi connectivity index (χ1v) is 10.0. The molecule has 2 aromatic carbocycles. The first-order chi connectivity index (χ1) is 12.3. The van der Waals surface area contributed by atoms with E-state index >= 15 is 0 Å². The van der Waals surface area contributed by atoms with Gasteiger partial charge in [-0.2, -0.15) is 0 Å². The van der Waals surface area contributed by atoms with Crippen LogP contribution in [0, 0.1) is 6.92 Å². The standard InChI is InChI=1S/C19H19NO5S/c1-13-7-8-15(26(2,23)24)11-16(13)19(22)25-12-18(21)20-10-9-14-5-3-4-6-17(14)20/h3-8,11H,9-10,12H2,1-2H3. The average Bonchev–Trinajstić information content (AvgIpc) is 3.03. The number of ether oxygens (including phenoxy) is 1. The molecule has 0 N–H and O–H groups in total. The first kappa shape index (κ1) is 18.1. The molecule has 1 aliphatic heterocycles. The second kappa shape index (κ2) is 6.92. The molecular weight excluding hydrogens is 354 g/mol. The Morgan fingerprint density at radius 2 is 1.88 bits per heavy atom. The van der Waals surface area contributed by atoms with E-state index in [2.05, 4.69) is 0 Å². The summed E-state index contributed by atoms with van der Waals surface area (Å²) < 4.78 is 28.5. The van der Waals surface area contributed by atoms with Crippen LogP contribution in [0.15, 0.2) is 47.4 Å². The fourth-order valence-corrected chi connectivity index (χ4v) is 3.58. The van der Waals surface area contributed by atoms with Crippen molar-refractivity contribution in [1.82, 2.24) is 0 Å². The van der Waals surface area contributed by atoms with E-state index in [0.717, 1.165) is 23.9 Å². The fraction of sp³-hybridized carbons (Fsp3) is 0.263. The van der Waals surface area contributed by atoms with Crippen molar-refractivity contribution in [2.24, 2.45) is 0 Å². The molecule has 0 fully saturated rings. The molecule has 0 saturated heterocycles. The fourth-order valence-electron chi connectivity index (χ4n) is 2.93. The average molecular weight is 373 g/mol. The highest BCUT2D eigenvalue weighted by molar-refractivity contribution is 7.90. The third kappa shape index (κ3) is 3.62. The van der Waals surface area contributed by atoms with E-state index in [0.29, 0.717) is 12.1 Å². The SMILES string of the molecule is Cc1ccc(S(C)(=O)=O)cc1C(=O)OCC(=O)N1CCc2ccccc21. The van der Waals surface area contributed by atoms with Crippen LogP contribution in [-0.2, 0) is 25.8 Å². The normalized spacial score (nSPS) is 13.4. The molecule has 1 amide bonds. The quantitative estimate of drug-likeness (QED) is 0.767. The number of anilines is 1. The van der Waals surface area contributed by atoms with Gasteiger partial charge in [0.2, 0.25) is 0 Å². The van der Waals surface area contributed by atoms with Crippen molar-refractivity contribution in [2.45, 2.75) is 18.2 Å². The molecule has 136 valence electrons. The summed E-state index contributed by atoms with van der Waals surface area (Å²) in [5.41, 5.74) is 2.65. The van der Waals surface area contributed by atoms with E-state index in [9.17, 15) is 18.0 Å². The molecular formula is C19H19NO5S. The minimum atomic E-state index is -3.44. The van der Waals surface area contributed by atoms with Gasteiger partial charge in [-0.25, -0.2) is 13.2 Å². The number of sulfone groups is 1. The van der Waals surface area contributed by atoms with Gasteiger partial charge in [0.15, 0.2) is 16.4 Å². The number of amides is 1. The molecule has 3 rings (SSSR count). The molecule has 1 heterocycles. The van der Waals surface area contributed by atoms with Gasteiger partial charge in [-0.05, 0) is 42.7 Å². The molecule has 0 atom stereocenters. The van der Waals surface area contributed by atoms with Gasteiger partial charge >= 0.3 is 5.97 Å². The Bertz CT molecular complexity index is 981. The molecule has 0 radical (unpaired) electrons. The third-order valence-corrected chi connectivity index (χ3v) is 5.48. The number of rotatable bonds is 4. The molecule has 1 aliphatic rings. The molecule has 6 nitrogen and oxygen atoms in total. The lowest BCUT2D eigenvalue weighted by Crippen LogP contribution is -2.33. The number of esters is 1.